The molecule has 1 aliphatic carbocycles. The molecule has 2 unspecified atom stereocenters. The minimum absolute atomic E-state index is 0.0471. The van der Waals surface area contributed by atoms with E-state index in [1.165, 1.54) is 14.1 Å². The van der Waals surface area contributed by atoms with Gasteiger partial charge in [-0.05, 0) is 19.3 Å². The molecule has 19 heavy (non-hydrogen) atoms. The predicted octanol–water partition coefficient (Wildman–Crippen LogP) is 1.59. The standard InChI is InChI=1S/C11H21F3N2O2S/c1-16(2)19(17,18)7-6-15-10-5-3-4-9(8-10)11(12,13)14/h9-10,15H,3-8H2,1-2H3. The minimum atomic E-state index is -4.14. The van der Waals surface area contributed by atoms with Crippen molar-refractivity contribution in [2.24, 2.45) is 5.92 Å². The van der Waals surface area contributed by atoms with E-state index in [9.17, 15) is 21.6 Å². The highest BCUT2D eigenvalue weighted by atomic mass is 32.2. The van der Waals surface area contributed by atoms with Crippen LogP contribution < -0.4 is 5.32 Å². The van der Waals surface area contributed by atoms with Crippen molar-refractivity contribution in [1.82, 2.24) is 9.62 Å². The first-order valence-electron chi connectivity index (χ1n) is 6.33. The van der Waals surface area contributed by atoms with E-state index in [1.54, 1.807) is 0 Å². The number of sulfonamides is 1. The van der Waals surface area contributed by atoms with E-state index >= 15 is 0 Å². The fraction of sp³-hybridized carbons (Fsp3) is 1.00. The molecule has 0 aliphatic heterocycles. The van der Waals surface area contributed by atoms with E-state index in [0.29, 0.717) is 12.8 Å². The summed E-state index contributed by atoms with van der Waals surface area (Å²) in [5.74, 6) is -1.35. The van der Waals surface area contributed by atoms with Crippen molar-refractivity contribution < 1.29 is 21.6 Å². The van der Waals surface area contributed by atoms with Crippen LogP contribution in [0.2, 0.25) is 0 Å². The van der Waals surface area contributed by atoms with Crippen LogP contribution in [0.1, 0.15) is 25.7 Å². The van der Waals surface area contributed by atoms with Crippen molar-refractivity contribution in [2.75, 3.05) is 26.4 Å². The zero-order valence-electron chi connectivity index (χ0n) is 11.2. The monoisotopic (exact) mass is 302 g/mol. The van der Waals surface area contributed by atoms with E-state index in [2.05, 4.69) is 5.32 Å². The highest BCUT2D eigenvalue weighted by Crippen LogP contribution is 2.37. The van der Waals surface area contributed by atoms with Crippen LogP contribution in [-0.4, -0.2) is 51.3 Å². The summed E-state index contributed by atoms with van der Waals surface area (Å²) in [6, 6.07) is -0.238. The van der Waals surface area contributed by atoms with Crippen LogP contribution in [0, 0.1) is 5.92 Å². The average Bonchev–Trinajstić information content (AvgIpc) is 2.28. The molecule has 1 N–H and O–H groups in total. The Hall–Kier alpha value is -0.340. The number of rotatable bonds is 5. The summed E-state index contributed by atoms with van der Waals surface area (Å²) in [6.45, 7) is 0.190. The molecule has 0 saturated heterocycles. The number of nitrogens with zero attached hydrogens (tertiary/aromatic N) is 1. The molecule has 0 amide bonds. The Bertz CT molecular complexity index is 382. The van der Waals surface area contributed by atoms with E-state index in [-0.39, 0.29) is 31.2 Å². The molecule has 0 bridgehead atoms. The van der Waals surface area contributed by atoms with Crippen LogP contribution in [-0.2, 0) is 10.0 Å². The summed E-state index contributed by atoms with van der Waals surface area (Å²) in [6.07, 6.45) is -2.71. The first-order valence-corrected chi connectivity index (χ1v) is 7.94. The quantitative estimate of drug-likeness (QED) is 0.839. The Morgan fingerprint density at radius 3 is 2.42 bits per heavy atom. The summed E-state index contributed by atoms with van der Waals surface area (Å²) >= 11 is 0. The zero-order valence-corrected chi connectivity index (χ0v) is 12.0. The van der Waals surface area contributed by atoms with Gasteiger partial charge in [0.2, 0.25) is 10.0 Å². The molecule has 0 aromatic carbocycles. The van der Waals surface area contributed by atoms with Gasteiger partial charge in [-0.25, -0.2) is 12.7 Å². The van der Waals surface area contributed by atoms with Crippen molar-refractivity contribution in [3.05, 3.63) is 0 Å². The second-order valence-corrected chi connectivity index (χ2v) is 7.46. The van der Waals surface area contributed by atoms with Gasteiger partial charge in [0.05, 0.1) is 11.7 Å². The normalized spacial score (nSPS) is 25.8. The van der Waals surface area contributed by atoms with E-state index < -0.39 is 22.1 Å². The van der Waals surface area contributed by atoms with Crippen LogP contribution in [0.15, 0.2) is 0 Å². The first-order chi connectivity index (χ1) is 8.63. The molecule has 0 aromatic heterocycles. The lowest BCUT2D eigenvalue weighted by Crippen LogP contribution is -2.41. The molecule has 2 atom stereocenters. The van der Waals surface area contributed by atoms with Gasteiger partial charge in [-0.3, -0.25) is 0 Å². The number of halogens is 3. The third-order valence-corrected chi connectivity index (χ3v) is 5.32. The molecular weight excluding hydrogens is 281 g/mol. The maximum absolute atomic E-state index is 12.6. The molecule has 1 fully saturated rings. The molecule has 0 aromatic rings. The van der Waals surface area contributed by atoms with E-state index in [4.69, 9.17) is 0 Å². The van der Waals surface area contributed by atoms with Crippen LogP contribution in [0.3, 0.4) is 0 Å². The van der Waals surface area contributed by atoms with E-state index in [1.807, 2.05) is 0 Å². The van der Waals surface area contributed by atoms with Crippen molar-refractivity contribution in [1.29, 1.82) is 0 Å². The van der Waals surface area contributed by atoms with Crippen LogP contribution in [0.25, 0.3) is 0 Å². The van der Waals surface area contributed by atoms with Crippen LogP contribution >= 0.6 is 0 Å². The van der Waals surface area contributed by atoms with Gasteiger partial charge in [-0.15, -0.1) is 0 Å². The average molecular weight is 302 g/mol. The molecule has 114 valence electrons. The fourth-order valence-electron chi connectivity index (χ4n) is 2.25. The van der Waals surface area contributed by atoms with Crippen molar-refractivity contribution >= 4 is 10.0 Å². The van der Waals surface area contributed by atoms with E-state index in [0.717, 1.165) is 4.31 Å². The second kappa shape index (κ2) is 6.41. The maximum atomic E-state index is 12.6. The second-order valence-electron chi connectivity index (χ2n) is 5.15. The smallest absolute Gasteiger partial charge is 0.313 e. The van der Waals surface area contributed by atoms with Gasteiger partial charge >= 0.3 is 6.18 Å². The summed E-state index contributed by atoms with van der Waals surface area (Å²) in [5.41, 5.74) is 0. The topological polar surface area (TPSA) is 49.4 Å². The maximum Gasteiger partial charge on any atom is 0.391 e. The third-order valence-electron chi connectivity index (χ3n) is 3.49. The molecule has 0 spiro atoms. The first kappa shape index (κ1) is 16.7. The number of alkyl halides is 3. The largest absolute Gasteiger partial charge is 0.391 e. The SMILES string of the molecule is CN(C)S(=O)(=O)CCNC1CCCC(C(F)(F)F)C1. The van der Waals surface area contributed by atoms with Crippen molar-refractivity contribution in [2.45, 2.75) is 37.9 Å². The summed E-state index contributed by atoms with van der Waals surface area (Å²) in [5, 5.41) is 2.93. The van der Waals surface area contributed by atoms with Gasteiger partial charge in [0, 0.05) is 26.7 Å². The summed E-state index contributed by atoms with van der Waals surface area (Å²) < 4.78 is 61.9. The molecule has 8 heteroatoms. The molecular formula is C11H21F3N2O2S. The van der Waals surface area contributed by atoms with Crippen molar-refractivity contribution in [3.63, 3.8) is 0 Å². The molecule has 4 nitrogen and oxygen atoms in total. The number of hydrogen-bond acceptors (Lipinski definition) is 3. The molecule has 1 rings (SSSR count). The molecule has 1 saturated carbocycles. The Kier molecular flexibility index (Phi) is 5.64. The predicted molar refractivity (Wildman–Crippen MR) is 67.3 cm³/mol. The lowest BCUT2D eigenvalue weighted by Gasteiger charge is -2.31. The van der Waals surface area contributed by atoms with Crippen LogP contribution in [0.4, 0.5) is 13.2 Å². The van der Waals surface area contributed by atoms with Gasteiger partial charge in [0.1, 0.15) is 0 Å². The number of nitrogens with one attached hydrogen (secondary N) is 1. The Morgan fingerprint density at radius 2 is 1.89 bits per heavy atom. The van der Waals surface area contributed by atoms with Gasteiger partial charge < -0.3 is 5.32 Å². The molecule has 0 heterocycles. The molecule has 1 aliphatic rings. The van der Waals surface area contributed by atoms with Gasteiger partial charge in [0.15, 0.2) is 0 Å². The highest BCUT2D eigenvalue weighted by molar-refractivity contribution is 7.89. The zero-order chi connectivity index (χ0) is 14.7. The Labute approximate surface area is 112 Å². The number of hydrogen-bond donors (Lipinski definition) is 1. The third kappa shape index (κ3) is 5.27. The molecule has 0 radical (unpaired) electrons. The highest BCUT2D eigenvalue weighted by Gasteiger charge is 2.41. The van der Waals surface area contributed by atoms with Crippen molar-refractivity contribution in [3.8, 4) is 0 Å². The minimum Gasteiger partial charge on any atom is -0.313 e. The lowest BCUT2D eigenvalue weighted by atomic mass is 9.85. The summed E-state index contributed by atoms with van der Waals surface area (Å²) in [7, 11) is -0.412. The Balaban J connectivity index is 2.38. The Morgan fingerprint density at radius 1 is 1.26 bits per heavy atom. The summed E-state index contributed by atoms with van der Waals surface area (Å²) in [4.78, 5) is 0. The fourth-order valence-corrected chi connectivity index (χ4v) is 2.99. The lowest BCUT2D eigenvalue weighted by molar-refractivity contribution is -0.183. The van der Waals surface area contributed by atoms with Gasteiger partial charge in [0.25, 0.3) is 0 Å². The van der Waals surface area contributed by atoms with Gasteiger partial charge in [-0.1, -0.05) is 6.42 Å². The van der Waals surface area contributed by atoms with Gasteiger partial charge in [-0.2, -0.15) is 13.2 Å². The van der Waals surface area contributed by atoms with Crippen LogP contribution in [0.5, 0.6) is 0 Å².